The second kappa shape index (κ2) is 18.4. The van der Waals surface area contributed by atoms with Gasteiger partial charge in [-0.3, -0.25) is 15.2 Å². The minimum absolute atomic E-state index is 0.0123. The van der Waals surface area contributed by atoms with E-state index in [1.54, 1.807) is 0 Å². The van der Waals surface area contributed by atoms with E-state index in [0.717, 1.165) is 12.8 Å². The lowest BCUT2D eigenvalue weighted by Gasteiger charge is -2.23. The van der Waals surface area contributed by atoms with Gasteiger partial charge in [0.1, 0.15) is 0 Å². The van der Waals surface area contributed by atoms with Crippen LogP contribution in [0.4, 0.5) is 0 Å². The standard InChI is InChI=1S/C27H44N2O8/c30-22(13-12-21-8-4-3-5-9-21)14-15-24-23(25(31)20-26(24)32)10-6-1-2-7-11-27(33)28-16-17-36-18-19-37-29(34)35/h1,3-6,8-9,22-26,30-32,34-35H,2,7,10-20H2,(H,28,33)/b6-1-/t22-,23+,24+,25-,26+/m0/s1. The molecule has 1 aromatic carbocycles. The van der Waals surface area contributed by atoms with Crippen LogP contribution in [0.15, 0.2) is 42.5 Å². The summed E-state index contributed by atoms with van der Waals surface area (Å²) >= 11 is 0. The highest BCUT2D eigenvalue weighted by Gasteiger charge is 2.40. The lowest BCUT2D eigenvalue weighted by atomic mass is 9.85. The topological polar surface area (TPSA) is 152 Å². The van der Waals surface area contributed by atoms with E-state index < -0.39 is 18.3 Å². The highest BCUT2D eigenvalue weighted by atomic mass is 17.1. The van der Waals surface area contributed by atoms with Gasteiger partial charge in [0.2, 0.25) is 5.91 Å². The Morgan fingerprint density at radius 2 is 1.81 bits per heavy atom. The average Bonchev–Trinajstić information content (AvgIpc) is 3.15. The number of amides is 1. The van der Waals surface area contributed by atoms with Gasteiger partial charge in [-0.05, 0) is 68.8 Å². The maximum absolute atomic E-state index is 11.9. The molecule has 10 nitrogen and oxygen atoms in total. The fraction of sp³-hybridized carbons (Fsp3) is 0.667. The number of unbranched alkanes of at least 4 members (excludes halogenated alkanes) is 1. The molecule has 0 saturated heterocycles. The molecule has 0 aliphatic heterocycles. The van der Waals surface area contributed by atoms with Crippen LogP contribution in [0.2, 0.25) is 0 Å². The number of aliphatic hydroxyl groups excluding tert-OH is 3. The second-order valence-corrected chi connectivity index (χ2v) is 9.60. The van der Waals surface area contributed by atoms with E-state index in [4.69, 9.17) is 15.2 Å². The Hall–Kier alpha value is -1.89. The Bertz CT molecular complexity index is 764. The summed E-state index contributed by atoms with van der Waals surface area (Å²) in [5, 5.41) is 50.4. The van der Waals surface area contributed by atoms with Gasteiger partial charge in [0.25, 0.3) is 0 Å². The molecule has 6 N–H and O–H groups in total. The number of nitrogens with zero attached hydrogens (tertiary/aromatic N) is 1. The Morgan fingerprint density at radius 3 is 2.57 bits per heavy atom. The van der Waals surface area contributed by atoms with Crippen LogP contribution < -0.4 is 5.32 Å². The molecule has 2 rings (SSSR count). The minimum atomic E-state index is -0.547. The fourth-order valence-electron chi connectivity index (χ4n) is 4.80. The fourth-order valence-corrected chi connectivity index (χ4v) is 4.80. The van der Waals surface area contributed by atoms with Crippen molar-refractivity contribution in [3.63, 3.8) is 0 Å². The molecule has 0 radical (unpaired) electrons. The van der Waals surface area contributed by atoms with Gasteiger partial charge < -0.3 is 25.4 Å². The zero-order valence-electron chi connectivity index (χ0n) is 21.5. The van der Waals surface area contributed by atoms with Gasteiger partial charge in [-0.15, -0.1) is 0 Å². The third kappa shape index (κ3) is 13.5. The smallest absolute Gasteiger partial charge is 0.220 e. The second-order valence-electron chi connectivity index (χ2n) is 9.60. The molecule has 1 fully saturated rings. The van der Waals surface area contributed by atoms with Crippen molar-refractivity contribution in [2.75, 3.05) is 26.4 Å². The van der Waals surface area contributed by atoms with E-state index in [2.05, 4.69) is 22.3 Å². The van der Waals surface area contributed by atoms with E-state index in [9.17, 15) is 20.1 Å². The lowest BCUT2D eigenvalue weighted by molar-refractivity contribution is -0.493. The van der Waals surface area contributed by atoms with Crippen LogP contribution in [0, 0.1) is 11.8 Å². The van der Waals surface area contributed by atoms with E-state index in [-0.39, 0.29) is 36.3 Å². The van der Waals surface area contributed by atoms with Crippen LogP contribution in [0.5, 0.6) is 0 Å². The van der Waals surface area contributed by atoms with Crippen molar-refractivity contribution < 1.29 is 40.1 Å². The van der Waals surface area contributed by atoms with Gasteiger partial charge in [0.15, 0.2) is 0 Å². The summed E-state index contributed by atoms with van der Waals surface area (Å²) in [7, 11) is 0. The number of nitrogens with one attached hydrogen (secondary N) is 1. The van der Waals surface area contributed by atoms with Crippen molar-refractivity contribution in [2.45, 2.75) is 76.1 Å². The Balaban J connectivity index is 1.57. The van der Waals surface area contributed by atoms with Gasteiger partial charge in [0.05, 0.1) is 43.5 Å². The zero-order valence-corrected chi connectivity index (χ0v) is 21.5. The molecule has 0 spiro atoms. The molecule has 0 bridgehead atoms. The molecule has 1 aliphatic rings. The monoisotopic (exact) mass is 524 g/mol. The highest BCUT2D eigenvalue weighted by molar-refractivity contribution is 5.75. The Morgan fingerprint density at radius 1 is 1.05 bits per heavy atom. The largest absolute Gasteiger partial charge is 0.393 e. The molecule has 210 valence electrons. The highest BCUT2D eigenvalue weighted by Crippen LogP contribution is 2.38. The number of carbonyl (C=O) groups is 1. The minimum Gasteiger partial charge on any atom is -0.393 e. The summed E-state index contributed by atoms with van der Waals surface area (Å²) in [5.41, 5.74) is 1.20. The summed E-state index contributed by atoms with van der Waals surface area (Å²) in [6.07, 6.45) is 8.21. The van der Waals surface area contributed by atoms with E-state index in [0.29, 0.717) is 58.1 Å². The molecule has 37 heavy (non-hydrogen) atoms. The average molecular weight is 525 g/mol. The summed E-state index contributed by atoms with van der Waals surface area (Å²) in [6, 6.07) is 10.1. The third-order valence-corrected chi connectivity index (χ3v) is 6.82. The molecule has 1 aliphatic carbocycles. The van der Waals surface area contributed by atoms with Crippen LogP contribution in [0.25, 0.3) is 0 Å². The lowest BCUT2D eigenvalue weighted by Crippen LogP contribution is -2.27. The maximum Gasteiger partial charge on any atom is 0.220 e. The number of rotatable bonds is 19. The zero-order chi connectivity index (χ0) is 26.9. The number of aliphatic hydroxyl groups is 3. The van der Waals surface area contributed by atoms with Gasteiger partial charge in [-0.1, -0.05) is 42.5 Å². The Kier molecular flexibility index (Phi) is 15.6. The van der Waals surface area contributed by atoms with Crippen molar-refractivity contribution in [2.24, 2.45) is 11.8 Å². The van der Waals surface area contributed by atoms with Gasteiger partial charge in [0, 0.05) is 13.0 Å². The normalized spacial score (nSPS) is 22.6. The quantitative estimate of drug-likeness (QED) is 0.0910. The molecular formula is C27H44N2O8. The SMILES string of the molecule is O=C(CCC/C=C\C[C@@H]1[C@@H](CC[C@@H](O)CCc2ccccc2)[C@H](O)C[C@@H]1O)NCCOCCON(O)O. The summed E-state index contributed by atoms with van der Waals surface area (Å²) in [4.78, 5) is 16.2. The summed E-state index contributed by atoms with van der Waals surface area (Å²) in [6.45, 7) is 0.815. The van der Waals surface area contributed by atoms with Crippen molar-refractivity contribution in [3.8, 4) is 0 Å². The molecule has 10 heteroatoms. The molecule has 5 atom stereocenters. The first-order chi connectivity index (χ1) is 17.9. The predicted octanol–water partition coefficient (Wildman–Crippen LogP) is 2.38. The van der Waals surface area contributed by atoms with E-state index in [1.807, 2.05) is 30.4 Å². The van der Waals surface area contributed by atoms with Crippen molar-refractivity contribution in [1.29, 1.82) is 0 Å². The van der Waals surface area contributed by atoms with Crippen LogP contribution >= 0.6 is 0 Å². The molecule has 1 saturated carbocycles. The van der Waals surface area contributed by atoms with Crippen molar-refractivity contribution in [1.82, 2.24) is 10.7 Å². The van der Waals surface area contributed by atoms with Crippen LogP contribution in [-0.2, 0) is 20.8 Å². The Labute approximate surface area is 219 Å². The van der Waals surface area contributed by atoms with Crippen LogP contribution in [-0.4, -0.2) is 81.7 Å². The summed E-state index contributed by atoms with van der Waals surface area (Å²) < 4.78 is 5.17. The number of benzene rings is 1. The van der Waals surface area contributed by atoms with Crippen molar-refractivity contribution in [3.05, 3.63) is 48.0 Å². The number of hydrogen-bond acceptors (Lipinski definition) is 9. The van der Waals surface area contributed by atoms with Gasteiger partial charge in [-0.2, -0.15) is 0 Å². The third-order valence-electron chi connectivity index (χ3n) is 6.82. The predicted molar refractivity (Wildman–Crippen MR) is 136 cm³/mol. The number of aryl methyl sites for hydroxylation is 1. The molecule has 0 aromatic heterocycles. The molecule has 0 unspecified atom stereocenters. The first-order valence-electron chi connectivity index (χ1n) is 13.2. The van der Waals surface area contributed by atoms with Gasteiger partial charge >= 0.3 is 0 Å². The van der Waals surface area contributed by atoms with Crippen LogP contribution in [0.1, 0.15) is 56.9 Å². The van der Waals surface area contributed by atoms with Crippen molar-refractivity contribution >= 4 is 5.91 Å². The first kappa shape index (κ1) is 31.3. The number of hydrogen-bond donors (Lipinski definition) is 6. The summed E-state index contributed by atoms with van der Waals surface area (Å²) in [5.74, 6) is -0.124. The maximum atomic E-state index is 11.9. The molecule has 0 heterocycles. The number of carbonyl (C=O) groups excluding carboxylic acids is 1. The molecule has 1 amide bonds. The first-order valence-corrected chi connectivity index (χ1v) is 13.2. The molecular weight excluding hydrogens is 480 g/mol. The van der Waals surface area contributed by atoms with Gasteiger partial charge in [-0.25, -0.2) is 4.84 Å². The van der Waals surface area contributed by atoms with Crippen LogP contribution in [0.3, 0.4) is 0 Å². The number of allylic oxidation sites excluding steroid dienone is 2. The number of ether oxygens (including phenoxy) is 1. The molecule has 1 aromatic rings. The van der Waals surface area contributed by atoms with E-state index >= 15 is 0 Å². The van der Waals surface area contributed by atoms with E-state index in [1.165, 1.54) is 5.56 Å².